The Hall–Kier alpha value is -1.26. The quantitative estimate of drug-likeness (QED) is 0.737. The Labute approximate surface area is 147 Å². The van der Waals surface area contributed by atoms with Crippen LogP contribution in [0.25, 0.3) is 0 Å². The van der Waals surface area contributed by atoms with E-state index in [-0.39, 0.29) is 12.6 Å². The van der Waals surface area contributed by atoms with E-state index < -0.39 is 0 Å². The summed E-state index contributed by atoms with van der Waals surface area (Å²) in [6.07, 6.45) is 0.893. The van der Waals surface area contributed by atoms with Crippen LogP contribution in [0, 0.1) is 0 Å². The van der Waals surface area contributed by atoms with E-state index in [1.54, 1.807) is 6.07 Å². The minimum absolute atomic E-state index is 0.121. The van der Waals surface area contributed by atoms with Gasteiger partial charge in [-0.25, -0.2) is 0 Å². The van der Waals surface area contributed by atoms with Crippen LogP contribution < -0.4 is 10.1 Å². The molecule has 0 aromatic heterocycles. The first kappa shape index (κ1) is 18.1. The summed E-state index contributed by atoms with van der Waals surface area (Å²) < 4.78 is 5.81. The third-order valence-electron chi connectivity index (χ3n) is 3.60. The largest absolute Gasteiger partial charge is 0.489 e. The normalized spacial score (nSPS) is 12.2. The highest BCUT2D eigenvalue weighted by atomic mass is 35.5. The van der Waals surface area contributed by atoms with Crippen molar-refractivity contribution in [2.45, 2.75) is 32.5 Å². The van der Waals surface area contributed by atoms with Crippen LogP contribution in [0.4, 0.5) is 0 Å². The van der Waals surface area contributed by atoms with E-state index in [0.717, 1.165) is 23.3 Å². The van der Waals surface area contributed by atoms with Crippen molar-refractivity contribution in [1.82, 2.24) is 5.32 Å². The van der Waals surface area contributed by atoms with Crippen molar-refractivity contribution in [2.24, 2.45) is 0 Å². The Morgan fingerprint density at radius 2 is 1.91 bits per heavy atom. The van der Waals surface area contributed by atoms with Crippen molar-refractivity contribution in [3.8, 4) is 5.75 Å². The lowest BCUT2D eigenvalue weighted by molar-refractivity contribution is 0.238. The summed E-state index contributed by atoms with van der Waals surface area (Å²) in [5.41, 5.74) is 2.08. The van der Waals surface area contributed by atoms with Gasteiger partial charge in [-0.15, -0.1) is 0 Å². The molecular weight excluding hydrogens is 333 g/mol. The number of rotatable bonds is 8. The predicted molar refractivity (Wildman–Crippen MR) is 95.2 cm³/mol. The topological polar surface area (TPSA) is 41.5 Å². The van der Waals surface area contributed by atoms with Crippen molar-refractivity contribution in [3.63, 3.8) is 0 Å². The number of ether oxygens (including phenoxy) is 1. The van der Waals surface area contributed by atoms with Crippen molar-refractivity contribution in [1.29, 1.82) is 0 Å². The molecule has 0 fully saturated rings. The Morgan fingerprint density at radius 1 is 1.09 bits per heavy atom. The van der Waals surface area contributed by atoms with Gasteiger partial charge in [0.1, 0.15) is 12.4 Å². The summed E-state index contributed by atoms with van der Waals surface area (Å²) in [5.74, 6) is 0.799. The molecule has 0 unspecified atom stereocenters. The smallest absolute Gasteiger partial charge is 0.120 e. The molecule has 0 bridgehead atoms. The van der Waals surface area contributed by atoms with Crippen LogP contribution in [0.3, 0.4) is 0 Å². The molecule has 3 nitrogen and oxygen atoms in total. The van der Waals surface area contributed by atoms with Crippen molar-refractivity contribution < 1.29 is 9.84 Å². The van der Waals surface area contributed by atoms with E-state index in [1.165, 1.54) is 0 Å². The van der Waals surface area contributed by atoms with Crippen molar-refractivity contribution >= 4 is 23.2 Å². The molecule has 0 amide bonds. The number of nitrogens with one attached hydrogen (secondary N) is 1. The highest BCUT2D eigenvalue weighted by Gasteiger charge is 2.05. The van der Waals surface area contributed by atoms with E-state index in [2.05, 4.69) is 5.32 Å². The van der Waals surface area contributed by atoms with Gasteiger partial charge in [0.05, 0.1) is 16.7 Å². The SMILES string of the molecule is CC[C@@H](CO)NCc1cccc(OCc2ccc(Cl)c(Cl)c2)c1. The summed E-state index contributed by atoms with van der Waals surface area (Å²) in [6, 6.07) is 13.5. The second-order valence-corrected chi connectivity index (χ2v) is 6.17. The molecule has 0 heterocycles. The summed E-state index contributed by atoms with van der Waals surface area (Å²) in [7, 11) is 0. The van der Waals surface area contributed by atoms with E-state index in [9.17, 15) is 5.11 Å². The zero-order valence-electron chi connectivity index (χ0n) is 13.1. The molecule has 2 rings (SSSR count). The molecule has 124 valence electrons. The molecule has 2 aromatic rings. The molecule has 23 heavy (non-hydrogen) atoms. The highest BCUT2D eigenvalue weighted by Crippen LogP contribution is 2.23. The first-order valence-corrected chi connectivity index (χ1v) is 8.38. The molecule has 0 aliphatic carbocycles. The number of benzene rings is 2. The molecule has 5 heteroatoms. The monoisotopic (exact) mass is 353 g/mol. The molecular formula is C18H21Cl2NO2. The molecule has 0 aliphatic rings. The zero-order valence-corrected chi connectivity index (χ0v) is 14.6. The molecule has 0 radical (unpaired) electrons. The Kier molecular flexibility index (Phi) is 7.18. The minimum Gasteiger partial charge on any atom is -0.489 e. The number of aliphatic hydroxyl groups excluding tert-OH is 1. The van der Waals surface area contributed by atoms with Gasteiger partial charge >= 0.3 is 0 Å². The molecule has 2 N–H and O–H groups in total. The van der Waals surface area contributed by atoms with Crippen molar-refractivity contribution in [2.75, 3.05) is 6.61 Å². The van der Waals surface area contributed by atoms with Gasteiger partial charge in [0.15, 0.2) is 0 Å². The van der Waals surface area contributed by atoms with Crippen LogP contribution in [-0.4, -0.2) is 17.8 Å². The average molecular weight is 354 g/mol. The minimum atomic E-state index is 0.121. The summed E-state index contributed by atoms with van der Waals surface area (Å²) in [6.45, 7) is 3.32. The second-order valence-electron chi connectivity index (χ2n) is 5.35. The van der Waals surface area contributed by atoms with E-state index in [0.29, 0.717) is 23.2 Å². The maximum absolute atomic E-state index is 9.20. The summed E-state index contributed by atoms with van der Waals surface area (Å²) in [5, 5.41) is 13.6. The first-order chi connectivity index (χ1) is 11.1. The second kappa shape index (κ2) is 9.14. The Balaban J connectivity index is 1.92. The zero-order chi connectivity index (χ0) is 16.7. The van der Waals surface area contributed by atoms with Crippen LogP contribution in [0.5, 0.6) is 5.75 Å². The first-order valence-electron chi connectivity index (χ1n) is 7.62. The number of hydrogen-bond acceptors (Lipinski definition) is 3. The van der Waals surface area contributed by atoms with Gasteiger partial charge in [0.2, 0.25) is 0 Å². The van der Waals surface area contributed by atoms with Crippen LogP contribution >= 0.6 is 23.2 Å². The van der Waals surface area contributed by atoms with Crippen LogP contribution in [-0.2, 0) is 13.2 Å². The lowest BCUT2D eigenvalue weighted by atomic mass is 10.2. The van der Waals surface area contributed by atoms with Crippen molar-refractivity contribution in [3.05, 3.63) is 63.6 Å². The van der Waals surface area contributed by atoms with Gasteiger partial charge in [-0.1, -0.05) is 48.3 Å². The fraction of sp³-hybridized carbons (Fsp3) is 0.333. The summed E-state index contributed by atoms with van der Waals surface area (Å²) >= 11 is 11.9. The number of hydrogen-bond donors (Lipinski definition) is 2. The van der Waals surface area contributed by atoms with Crippen LogP contribution in [0.1, 0.15) is 24.5 Å². The van der Waals surface area contributed by atoms with Gasteiger partial charge in [-0.3, -0.25) is 0 Å². The Bertz CT molecular complexity index is 630. The van der Waals surface area contributed by atoms with E-state index in [1.807, 2.05) is 43.3 Å². The number of aliphatic hydroxyl groups is 1. The third-order valence-corrected chi connectivity index (χ3v) is 4.34. The van der Waals surface area contributed by atoms with Gasteiger partial charge in [0, 0.05) is 12.6 Å². The molecule has 0 spiro atoms. The molecule has 1 atom stereocenters. The molecule has 0 saturated heterocycles. The highest BCUT2D eigenvalue weighted by molar-refractivity contribution is 6.42. The standard InChI is InChI=1S/C18H21Cl2NO2/c1-2-15(11-22)21-10-13-4-3-5-16(8-13)23-12-14-6-7-17(19)18(20)9-14/h3-9,15,21-22H,2,10-12H2,1H3/t15-/m0/s1. The lowest BCUT2D eigenvalue weighted by Crippen LogP contribution is -2.31. The molecule has 0 aliphatic heterocycles. The lowest BCUT2D eigenvalue weighted by Gasteiger charge is -2.14. The van der Waals surface area contributed by atoms with Gasteiger partial charge in [-0.2, -0.15) is 0 Å². The fourth-order valence-corrected chi connectivity index (χ4v) is 2.46. The van der Waals surface area contributed by atoms with Gasteiger partial charge in [-0.05, 0) is 41.8 Å². The predicted octanol–water partition coefficient (Wildman–Crippen LogP) is 4.43. The third kappa shape index (κ3) is 5.70. The Morgan fingerprint density at radius 3 is 2.61 bits per heavy atom. The van der Waals surface area contributed by atoms with Crippen LogP contribution in [0.2, 0.25) is 10.0 Å². The maximum atomic E-state index is 9.20. The van der Waals surface area contributed by atoms with E-state index >= 15 is 0 Å². The molecule has 0 saturated carbocycles. The number of halogens is 2. The molecule has 2 aromatic carbocycles. The fourth-order valence-electron chi connectivity index (χ4n) is 2.14. The van der Waals surface area contributed by atoms with E-state index in [4.69, 9.17) is 27.9 Å². The maximum Gasteiger partial charge on any atom is 0.120 e. The average Bonchev–Trinajstić information content (AvgIpc) is 2.57. The summed E-state index contributed by atoms with van der Waals surface area (Å²) in [4.78, 5) is 0. The van der Waals surface area contributed by atoms with Gasteiger partial charge < -0.3 is 15.2 Å². The van der Waals surface area contributed by atoms with Gasteiger partial charge in [0.25, 0.3) is 0 Å². The van der Waals surface area contributed by atoms with Crippen LogP contribution in [0.15, 0.2) is 42.5 Å².